The maximum Gasteiger partial charge on any atom is 0.248 e. The van der Waals surface area contributed by atoms with Crippen LogP contribution in [0.4, 0.5) is 11.4 Å². The Hall–Kier alpha value is -2.97. The molecule has 2 aromatic rings. The molecule has 1 aliphatic heterocycles. The van der Waals surface area contributed by atoms with Crippen LogP contribution >= 0.6 is 0 Å². The molecule has 26 heavy (non-hydrogen) atoms. The summed E-state index contributed by atoms with van der Waals surface area (Å²) in [5.41, 5.74) is 7.29. The number of carbonyl (C=O) groups excluding carboxylic acids is 2. The first-order valence-electron chi connectivity index (χ1n) is 8.72. The van der Waals surface area contributed by atoms with Gasteiger partial charge >= 0.3 is 0 Å². The molecular formula is C17H23N7O2. The maximum atomic E-state index is 12.4. The topological polar surface area (TPSA) is 119 Å². The lowest BCUT2D eigenvalue weighted by molar-refractivity contribution is -0.116. The molecule has 1 saturated heterocycles. The summed E-state index contributed by atoms with van der Waals surface area (Å²) in [6.07, 6.45) is 3.98. The molecule has 9 nitrogen and oxygen atoms in total. The van der Waals surface area contributed by atoms with Crippen LogP contribution in [0.25, 0.3) is 0 Å². The van der Waals surface area contributed by atoms with Gasteiger partial charge in [-0.3, -0.25) is 9.59 Å². The van der Waals surface area contributed by atoms with E-state index >= 15 is 0 Å². The molecule has 1 unspecified atom stereocenters. The van der Waals surface area contributed by atoms with E-state index in [1.165, 1.54) is 17.4 Å². The molecule has 2 heterocycles. The third kappa shape index (κ3) is 4.35. The second-order valence-electron chi connectivity index (χ2n) is 6.66. The fourth-order valence-electron chi connectivity index (χ4n) is 3.18. The molecule has 9 heteroatoms. The predicted octanol–water partition coefficient (Wildman–Crippen LogP) is 1.04. The zero-order chi connectivity index (χ0) is 18.5. The van der Waals surface area contributed by atoms with Crippen LogP contribution in [0.15, 0.2) is 24.5 Å². The Morgan fingerprint density at radius 3 is 2.92 bits per heavy atom. The van der Waals surface area contributed by atoms with Gasteiger partial charge in [-0.1, -0.05) is 6.92 Å². The number of nitrogens with zero attached hydrogens (tertiary/aromatic N) is 5. The van der Waals surface area contributed by atoms with Crippen LogP contribution in [0.5, 0.6) is 0 Å². The highest BCUT2D eigenvalue weighted by atomic mass is 16.2. The van der Waals surface area contributed by atoms with Crippen molar-refractivity contribution in [2.75, 3.05) is 23.3 Å². The van der Waals surface area contributed by atoms with Crippen molar-refractivity contribution in [3.8, 4) is 0 Å². The van der Waals surface area contributed by atoms with E-state index in [1.807, 2.05) is 6.07 Å². The van der Waals surface area contributed by atoms with Gasteiger partial charge in [-0.2, -0.15) is 0 Å². The van der Waals surface area contributed by atoms with Crippen molar-refractivity contribution in [2.24, 2.45) is 11.7 Å². The van der Waals surface area contributed by atoms with Crippen molar-refractivity contribution in [1.29, 1.82) is 0 Å². The Bertz CT molecular complexity index is 775. The van der Waals surface area contributed by atoms with E-state index in [2.05, 4.69) is 32.7 Å². The Labute approximate surface area is 151 Å². The predicted molar refractivity (Wildman–Crippen MR) is 96.6 cm³/mol. The van der Waals surface area contributed by atoms with Gasteiger partial charge in [-0.15, -0.1) is 5.10 Å². The SMILES string of the molecule is CC1CCCN(c2ccc(C(N)=O)cc2NC(=O)CCn2cnnn2)C1. The normalized spacial score (nSPS) is 17.1. The van der Waals surface area contributed by atoms with Gasteiger partial charge in [-0.05, 0) is 47.4 Å². The number of amides is 2. The summed E-state index contributed by atoms with van der Waals surface area (Å²) in [6.45, 7) is 4.44. The van der Waals surface area contributed by atoms with Crippen molar-refractivity contribution in [3.05, 3.63) is 30.1 Å². The van der Waals surface area contributed by atoms with Gasteiger partial charge < -0.3 is 16.0 Å². The maximum absolute atomic E-state index is 12.4. The van der Waals surface area contributed by atoms with Crippen LogP contribution in [-0.2, 0) is 11.3 Å². The summed E-state index contributed by atoms with van der Waals surface area (Å²) in [4.78, 5) is 26.1. The van der Waals surface area contributed by atoms with Crippen molar-refractivity contribution in [3.63, 3.8) is 0 Å². The number of benzene rings is 1. The molecule has 0 saturated carbocycles. The van der Waals surface area contributed by atoms with E-state index in [1.54, 1.807) is 12.1 Å². The molecule has 0 radical (unpaired) electrons. The number of tetrazole rings is 1. The minimum Gasteiger partial charge on any atom is -0.370 e. The first kappa shape index (κ1) is 17.8. The van der Waals surface area contributed by atoms with Crippen LogP contribution in [0.3, 0.4) is 0 Å². The zero-order valence-corrected chi connectivity index (χ0v) is 14.8. The van der Waals surface area contributed by atoms with Crippen LogP contribution < -0.4 is 16.0 Å². The number of piperidine rings is 1. The molecule has 3 N–H and O–H groups in total. The highest BCUT2D eigenvalue weighted by Crippen LogP contribution is 2.31. The molecular weight excluding hydrogens is 334 g/mol. The highest BCUT2D eigenvalue weighted by Gasteiger charge is 2.20. The second-order valence-corrected chi connectivity index (χ2v) is 6.66. The Kier molecular flexibility index (Phi) is 5.45. The van der Waals surface area contributed by atoms with E-state index in [9.17, 15) is 9.59 Å². The van der Waals surface area contributed by atoms with E-state index < -0.39 is 5.91 Å². The monoisotopic (exact) mass is 357 g/mol. The van der Waals surface area contributed by atoms with Gasteiger partial charge in [0.1, 0.15) is 6.33 Å². The van der Waals surface area contributed by atoms with E-state index in [0.29, 0.717) is 23.7 Å². The molecule has 3 rings (SSSR count). The summed E-state index contributed by atoms with van der Waals surface area (Å²) in [6, 6.07) is 5.20. The summed E-state index contributed by atoms with van der Waals surface area (Å²) in [5.74, 6) is -0.107. The fraction of sp³-hybridized carbons (Fsp3) is 0.471. The standard InChI is InChI=1S/C17H23N7O2/c1-12-3-2-7-23(10-12)15-5-4-13(17(18)26)9-14(15)20-16(25)6-8-24-11-19-21-22-24/h4-5,9,11-12H,2-3,6-8,10H2,1H3,(H2,18,26)(H,20,25). The van der Waals surface area contributed by atoms with Gasteiger partial charge in [0.2, 0.25) is 11.8 Å². The average molecular weight is 357 g/mol. The van der Waals surface area contributed by atoms with Crippen molar-refractivity contribution in [1.82, 2.24) is 20.2 Å². The van der Waals surface area contributed by atoms with Gasteiger partial charge in [0.25, 0.3) is 0 Å². The fourth-order valence-corrected chi connectivity index (χ4v) is 3.18. The number of aryl methyl sites for hydroxylation is 1. The van der Waals surface area contributed by atoms with Crippen LogP contribution in [0.1, 0.15) is 36.5 Å². The van der Waals surface area contributed by atoms with Gasteiger partial charge in [0.05, 0.1) is 17.9 Å². The van der Waals surface area contributed by atoms with Crippen LogP contribution in [0, 0.1) is 5.92 Å². The molecule has 0 aliphatic carbocycles. The third-order valence-electron chi connectivity index (χ3n) is 4.51. The average Bonchev–Trinajstić information content (AvgIpc) is 3.13. The van der Waals surface area contributed by atoms with E-state index in [-0.39, 0.29) is 12.3 Å². The smallest absolute Gasteiger partial charge is 0.248 e. The Balaban J connectivity index is 1.76. The lowest BCUT2D eigenvalue weighted by atomic mass is 9.99. The molecule has 2 amide bonds. The number of primary amides is 1. The zero-order valence-electron chi connectivity index (χ0n) is 14.8. The molecule has 1 atom stereocenters. The van der Waals surface area contributed by atoms with E-state index in [0.717, 1.165) is 25.2 Å². The number of anilines is 2. The Morgan fingerprint density at radius 2 is 2.23 bits per heavy atom. The lowest BCUT2D eigenvalue weighted by Gasteiger charge is -2.34. The van der Waals surface area contributed by atoms with Crippen molar-refractivity contribution < 1.29 is 9.59 Å². The molecule has 138 valence electrons. The highest BCUT2D eigenvalue weighted by molar-refractivity contribution is 5.99. The summed E-state index contributed by atoms with van der Waals surface area (Å²) >= 11 is 0. The minimum atomic E-state index is -0.521. The first-order valence-corrected chi connectivity index (χ1v) is 8.72. The molecule has 1 aromatic carbocycles. The number of hydrogen-bond acceptors (Lipinski definition) is 6. The molecule has 1 fully saturated rings. The third-order valence-corrected chi connectivity index (χ3v) is 4.51. The number of carbonyl (C=O) groups is 2. The number of nitrogens with one attached hydrogen (secondary N) is 1. The van der Waals surface area contributed by atoms with Crippen LogP contribution in [-0.4, -0.2) is 45.1 Å². The second kappa shape index (κ2) is 7.94. The Morgan fingerprint density at radius 1 is 1.38 bits per heavy atom. The summed E-state index contributed by atoms with van der Waals surface area (Å²) in [7, 11) is 0. The quantitative estimate of drug-likeness (QED) is 0.797. The molecule has 1 aromatic heterocycles. The largest absolute Gasteiger partial charge is 0.370 e. The first-order chi connectivity index (χ1) is 12.5. The van der Waals surface area contributed by atoms with Crippen LogP contribution in [0.2, 0.25) is 0 Å². The molecule has 1 aliphatic rings. The summed E-state index contributed by atoms with van der Waals surface area (Å²) in [5, 5.41) is 13.7. The van der Waals surface area contributed by atoms with Crippen molar-refractivity contribution >= 4 is 23.2 Å². The molecule has 0 bridgehead atoms. The summed E-state index contributed by atoms with van der Waals surface area (Å²) < 4.78 is 1.49. The molecule has 0 spiro atoms. The van der Waals surface area contributed by atoms with Gasteiger partial charge in [0, 0.05) is 25.1 Å². The number of hydrogen-bond donors (Lipinski definition) is 2. The number of aromatic nitrogens is 4. The van der Waals surface area contributed by atoms with Gasteiger partial charge in [-0.25, -0.2) is 4.68 Å². The lowest BCUT2D eigenvalue weighted by Crippen LogP contribution is -2.35. The van der Waals surface area contributed by atoms with Gasteiger partial charge in [0.15, 0.2) is 0 Å². The van der Waals surface area contributed by atoms with Crippen molar-refractivity contribution in [2.45, 2.75) is 32.7 Å². The number of nitrogens with two attached hydrogens (primary N) is 1. The number of rotatable bonds is 6. The van der Waals surface area contributed by atoms with E-state index in [4.69, 9.17) is 5.73 Å². The minimum absolute atomic E-state index is 0.173.